The highest BCUT2D eigenvalue weighted by Gasteiger charge is 2.16. The van der Waals surface area contributed by atoms with E-state index in [0.717, 1.165) is 24.5 Å². The zero-order chi connectivity index (χ0) is 18.9. The third kappa shape index (κ3) is 8.65. The van der Waals surface area contributed by atoms with Crippen molar-refractivity contribution >= 4 is 48.0 Å². The Kier molecular flexibility index (Phi) is 12.9. The number of ether oxygens (including phenoxy) is 1. The van der Waals surface area contributed by atoms with E-state index in [4.69, 9.17) is 10.5 Å². The summed E-state index contributed by atoms with van der Waals surface area (Å²) in [5.74, 6) is -0.294. The van der Waals surface area contributed by atoms with Crippen LogP contribution in [0.1, 0.15) is 32.6 Å². The molecule has 1 saturated heterocycles. The molecule has 2 atom stereocenters. The van der Waals surface area contributed by atoms with Crippen molar-refractivity contribution in [1.82, 2.24) is 5.32 Å². The molecule has 2 rings (SSSR count). The van der Waals surface area contributed by atoms with Gasteiger partial charge in [0.25, 0.3) is 0 Å². The van der Waals surface area contributed by atoms with Gasteiger partial charge in [0.15, 0.2) is 0 Å². The minimum atomic E-state index is -0.302. The van der Waals surface area contributed by atoms with Crippen LogP contribution < -0.4 is 21.3 Å². The molecule has 0 bridgehead atoms. The number of nitrogens with zero attached hydrogens (tertiary/aromatic N) is 1. The van der Waals surface area contributed by atoms with Crippen LogP contribution in [-0.2, 0) is 14.3 Å². The van der Waals surface area contributed by atoms with Crippen molar-refractivity contribution in [1.29, 1.82) is 0 Å². The molecule has 160 valence electrons. The van der Waals surface area contributed by atoms with Gasteiger partial charge in [-0.2, -0.15) is 0 Å². The van der Waals surface area contributed by atoms with Crippen LogP contribution in [0.5, 0.6) is 0 Å². The highest BCUT2D eigenvalue weighted by Crippen LogP contribution is 2.23. The Hall–Kier alpha value is -1.54. The van der Waals surface area contributed by atoms with Crippen molar-refractivity contribution in [2.75, 3.05) is 37.0 Å². The minimum absolute atomic E-state index is 0. The molecule has 2 unspecified atom stereocenters. The Morgan fingerprint density at radius 1 is 1.18 bits per heavy atom. The smallest absolute Gasteiger partial charge is 0.226 e. The fraction of sp³-hybridized carbons (Fsp3) is 0.579. The molecule has 4 N–H and O–H groups in total. The molecule has 1 aliphatic rings. The van der Waals surface area contributed by atoms with Crippen molar-refractivity contribution < 1.29 is 14.3 Å². The Morgan fingerprint density at radius 2 is 1.86 bits per heavy atom. The molecule has 0 radical (unpaired) electrons. The van der Waals surface area contributed by atoms with E-state index in [0.29, 0.717) is 0 Å². The van der Waals surface area contributed by atoms with E-state index >= 15 is 0 Å². The molecule has 9 heteroatoms. The number of benzene rings is 1. The van der Waals surface area contributed by atoms with Crippen LogP contribution in [0, 0.1) is 0 Å². The number of nitrogens with one attached hydrogen (secondary N) is 2. The molecule has 1 heterocycles. The van der Waals surface area contributed by atoms with E-state index in [9.17, 15) is 9.59 Å². The fourth-order valence-corrected chi connectivity index (χ4v) is 3.10. The molecule has 0 aromatic heterocycles. The second kappa shape index (κ2) is 13.6. The number of hydrogen-bond donors (Lipinski definition) is 3. The Balaban J connectivity index is 0.00000364. The van der Waals surface area contributed by atoms with Gasteiger partial charge in [-0.3, -0.25) is 9.59 Å². The van der Waals surface area contributed by atoms with Crippen LogP contribution >= 0.6 is 24.8 Å². The zero-order valence-electron chi connectivity index (χ0n) is 16.5. The first kappa shape index (κ1) is 26.5. The van der Waals surface area contributed by atoms with Crippen LogP contribution in [0.2, 0.25) is 0 Å². The summed E-state index contributed by atoms with van der Waals surface area (Å²) in [7, 11) is 1.53. The second-order valence-electron chi connectivity index (χ2n) is 6.76. The van der Waals surface area contributed by atoms with Gasteiger partial charge in [-0.05, 0) is 38.0 Å². The fourth-order valence-electron chi connectivity index (χ4n) is 3.10. The molecule has 28 heavy (non-hydrogen) atoms. The van der Waals surface area contributed by atoms with E-state index < -0.39 is 0 Å². The normalized spacial score (nSPS) is 15.0. The van der Waals surface area contributed by atoms with Gasteiger partial charge in [0, 0.05) is 50.6 Å². The number of carbonyl (C=O) groups excluding carboxylic acids is 2. The van der Waals surface area contributed by atoms with Crippen LogP contribution in [0.15, 0.2) is 24.3 Å². The second-order valence-corrected chi connectivity index (χ2v) is 6.76. The minimum Gasteiger partial charge on any atom is -0.380 e. The Labute approximate surface area is 179 Å². The van der Waals surface area contributed by atoms with Crippen molar-refractivity contribution in [2.24, 2.45) is 5.73 Å². The molecule has 0 saturated carbocycles. The highest BCUT2D eigenvalue weighted by atomic mass is 35.5. The monoisotopic (exact) mass is 434 g/mol. The summed E-state index contributed by atoms with van der Waals surface area (Å²) in [6.45, 7) is 4.21. The van der Waals surface area contributed by atoms with Gasteiger partial charge >= 0.3 is 0 Å². The molecule has 1 aliphatic heterocycles. The number of carbonyl (C=O) groups is 2. The molecule has 0 spiro atoms. The number of amides is 2. The summed E-state index contributed by atoms with van der Waals surface area (Å²) >= 11 is 0. The number of rotatable bonds is 9. The van der Waals surface area contributed by atoms with Crippen molar-refractivity contribution in [3.05, 3.63) is 24.3 Å². The average Bonchev–Trinajstić information content (AvgIpc) is 3.14. The van der Waals surface area contributed by atoms with Gasteiger partial charge in [0.1, 0.15) is 0 Å². The number of anilines is 2. The molecular formula is C19H32Cl2N4O3. The van der Waals surface area contributed by atoms with Crippen molar-refractivity contribution in [2.45, 2.75) is 44.8 Å². The first-order valence-electron chi connectivity index (χ1n) is 9.19. The third-order valence-corrected chi connectivity index (χ3v) is 4.51. The summed E-state index contributed by atoms with van der Waals surface area (Å²) < 4.78 is 5.10. The van der Waals surface area contributed by atoms with Gasteiger partial charge < -0.3 is 26.0 Å². The predicted octanol–water partition coefficient (Wildman–Crippen LogP) is 2.33. The quantitative estimate of drug-likeness (QED) is 0.553. The molecule has 0 aliphatic carbocycles. The van der Waals surface area contributed by atoms with Gasteiger partial charge in [-0.15, -0.1) is 24.8 Å². The molecule has 1 fully saturated rings. The van der Waals surface area contributed by atoms with Crippen molar-refractivity contribution in [3.8, 4) is 0 Å². The topological polar surface area (TPSA) is 96.7 Å². The standard InChI is InChI=1S/C19H30N4O3.2ClH/c1-14(21-19(25)12-17(13-20)26-2)10-18(24)22-15-6-5-7-16(11-15)23-8-3-4-9-23;;/h5-7,11,14,17H,3-4,8-10,12-13,20H2,1-2H3,(H,21,25)(H,22,24);2*1H. The lowest BCUT2D eigenvalue weighted by Crippen LogP contribution is -2.38. The zero-order valence-corrected chi connectivity index (χ0v) is 18.1. The van der Waals surface area contributed by atoms with Gasteiger partial charge in [0.2, 0.25) is 11.8 Å². The summed E-state index contributed by atoms with van der Waals surface area (Å²) in [6.07, 6.45) is 2.52. The number of nitrogens with two attached hydrogens (primary N) is 1. The van der Waals surface area contributed by atoms with E-state index in [1.54, 1.807) is 0 Å². The largest absolute Gasteiger partial charge is 0.380 e. The first-order chi connectivity index (χ1) is 12.5. The molecule has 2 amide bonds. The van der Waals surface area contributed by atoms with Crippen LogP contribution in [0.3, 0.4) is 0 Å². The molecule has 7 nitrogen and oxygen atoms in total. The third-order valence-electron chi connectivity index (χ3n) is 4.51. The van der Waals surface area contributed by atoms with Gasteiger partial charge in [-0.25, -0.2) is 0 Å². The van der Waals surface area contributed by atoms with E-state index in [1.807, 2.05) is 25.1 Å². The van der Waals surface area contributed by atoms with Crippen molar-refractivity contribution in [3.63, 3.8) is 0 Å². The summed E-state index contributed by atoms with van der Waals surface area (Å²) in [4.78, 5) is 26.5. The average molecular weight is 435 g/mol. The molecular weight excluding hydrogens is 403 g/mol. The maximum Gasteiger partial charge on any atom is 0.226 e. The summed E-state index contributed by atoms with van der Waals surface area (Å²) in [5.41, 5.74) is 7.43. The van der Waals surface area contributed by atoms with Crippen LogP contribution in [-0.4, -0.2) is 50.7 Å². The van der Waals surface area contributed by atoms with Crippen LogP contribution in [0.4, 0.5) is 11.4 Å². The Bertz CT molecular complexity index is 609. The van der Waals surface area contributed by atoms with Gasteiger partial charge in [-0.1, -0.05) is 6.07 Å². The van der Waals surface area contributed by atoms with E-state index in [1.165, 1.54) is 20.0 Å². The first-order valence-corrected chi connectivity index (χ1v) is 9.19. The summed E-state index contributed by atoms with van der Waals surface area (Å²) in [6, 6.07) is 7.63. The van der Waals surface area contributed by atoms with E-state index in [-0.39, 0.29) is 68.2 Å². The predicted molar refractivity (Wildman–Crippen MR) is 118 cm³/mol. The number of methoxy groups -OCH3 is 1. The lowest BCUT2D eigenvalue weighted by atomic mass is 10.2. The molecule has 1 aromatic carbocycles. The van der Waals surface area contributed by atoms with Gasteiger partial charge in [0.05, 0.1) is 12.5 Å². The number of halogens is 2. The number of hydrogen-bond acceptors (Lipinski definition) is 5. The summed E-state index contributed by atoms with van der Waals surface area (Å²) in [5, 5.41) is 5.72. The SMILES string of the molecule is COC(CN)CC(=O)NC(C)CC(=O)Nc1cccc(N2CCCC2)c1.Cl.Cl. The molecule has 1 aromatic rings. The maximum atomic E-state index is 12.3. The lowest BCUT2D eigenvalue weighted by molar-refractivity contribution is -0.124. The maximum absolute atomic E-state index is 12.3. The Morgan fingerprint density at radius 3 is 2.46 bits per heavy atom. The van der Waals surface area contributed by atoms with Crippen LogP contribution in [0.25, 0.3) is 0 Å². The lowest BCUT2D eigenvalue weighted by Gasteiger charge is -2.19. The highest BCUT2D eigenvalue weighted by molar-refractivity contribution is 5.92. The van der Waals surface area contributed by atoms with E-state index in [2.05, 4.69) is 21.6 Å².